The summed E-state index contributed by atoms with van der Waals surface area (Å²) in [6, 6.07) is 2.70. The molecule has 0 radical (unpaired) electrons. The van der Waals surface area contributed by atoms with Crippen molar-refractivity contribution in [2.45, 2.75) is 18.5 Å². The Balaban J connectivity index is 1.69. The zero-order valence-corrected chi connectivity index (χ0v) is 20.7. The molecule has 1 aliphatic heterocycles. The van der Waals surface area contributed by atoms with Gasteiger partial charge in [0.25, 0.3) is 0 Å². The second-order valence-corrected chi connectivity index (χ2v) is 8.52. The third-order valence-corrected chi connectivity index (χ3v) is 6.33. The number of aromatic nitrogens is 2. The Labute approximate surface area is 211 Å². The van der Waals surface area contributed by atoms with E-state index in [1.54, 1.807) is 12.1 Å². The van der Waals surface area contributed by atoms with Crippen LogP contribution in [0.3, 0.4) is 0 Å². The average Bonchev–Trinajstić information content (AvgIpc) is 2.86. The molecule has 0 saturated carbocycles. The number of benzene rings is 1. The number of hydrogen-bond acceptors (Lipinski definition) is 9. The number of anilines is 1. The fourth-order valence-electron chi connectivity index (χ4n) is 3.77. The molecule has 1 fully saturated rings. The van der Waals surface area contributed by atoms with Gasteiger partial charge in [0, 0.05) is 24.4 Å². The molecule has 2 N–H and O–H groups in total. The lowest BCUT2D eigenvalue weighted by Crippen LogP contribution is -2.50. The first-order chi connectivity index (χ1) is 16.9. The van der Waals surface area contributed by atoms with Gasteiger partial charge in [-0.05, 0) is 12.5 Å². The number of allylic oxidation sites excluding steroid dienone is 1. The smallest absolute Gasteiger partial charge is 0.223 e. The summed E-state index contributed by atoms with van der Waals surface area (Å²) in [6.07, 6.45) is 3.83. The maximum Gasteiger partial charge on any atom is 0.223 e. The summed E-state index contributed by atoms with van der Waals surface area (Å²) in [5, 5.41) is 6.89. The lowest BCUT2D eigenvalue weighted by atomic mass is 10.0. The number of halogens is 2. The number of fused-ring (bicyclic) bond motifs is 1. The molecule has 3 heterocycles. The molecule has 3 aromatic rings. The number of ether oxygens (including phenoxy) is 3. The molecule has 2 aromatic heterocycles. The van der Waals surface area contributed by atoms with Gasteiger partial charge >= 0.3 is 0 Å². The summed E-state index contributed by atoms with van der Waals surface area (Å²) < 4.78 is 22.1. The van der Waals surface area contributed by atoms with Gasteiger partial charge in [0.05, 0.1) is 54.7 Å². The maximum atomic E-state index is 13.0. The highest BCUT2D eigenvalue weighted by Gasteiger charge is 2.27. The molecule has 35 heavy (non-hydrogen) atoms. The number of nitrogens with one attached hydrogen (secondary N) is 2. The normalized spacial score (nSPS) is 17.6. The molecule has 184 valence electrons. The fraction of sp³-hybridized carbons (Fsp3) is 0.292. The average molecular weight is 519 g/mol. The second-order valence-electron chi connectivity index (χ2n) is 7.76. The highest BCUT2D eigenvalue weighted by atomic mass is 35.5. The van der Waals surface area contributed by atoms with Crippen molar-refractivity contribution < 1.29 is 18.6 Å². The summed E-state index contributed by atoms with van der Waals surface area (Å²) in [4.78, 5) is 21.7. The molecule has 2 atom stereocenters. The van der Waals surface area contributed by atoms with E-state index in [0.29, 0.717) is 30.4 Å². The minimum absolute atomic E-state index is 0.0275. The lowest BCUT2D eigenvalue weighted by molar-refractivity contribution is 0.0704. The molecule has 1 aliphatic rings. The standard InChI is InChI=1S/C24H24Cl2N4O5/c1-5-12(2)28-13-6-7-34-11-14(13)29-24-27-10-19-23(30-24)15(31)8-16(35-19)20-21(25)17(32-3)9-18(33-4)22(20)26/h5,8-10,13-14,28H,1-2,6-7,11H2,3-4H3,(H,27,29,30)/t13-,14?/m0/s1. The Hall–Kier alpha value is -3.27. The SMILES string of the molecule is C=CC(=C)N[C@H]1CCOCC1Nc1ncc2oc(-c3c(Cl)c(OC)cc(OC)c3Cl)cc(=O)c2n1. The van der Waals surface area contributed by atoms with Gasteiger partial charge in [-0.1, -0.05) is 36.4 Å². The van der Waals surface area contributed by atoms with Crippen LogP contribution in [-0.2, 0) is 4.74 Å². The summed E-state index contributed by atoms with van der Waals surface area (Å²) >= 11 is 13.0. The van der Waals surface area contributed by atoms with Gasteiger partial charge in [0.15, 0.2) is 11.1 Å². The van der Waals surface area contributed by atoms with Crippen molar-refractivity contribution in [2.75, 3.05) is 32.8 Å². The molecule has 1 saturated heterocycles. The number of rotatable bonds is 8. The van der Waals surface area contributed by atoms with Gasteiger partial charge in [0.2, 0.25) is 11.4 Å². The van der Waals surface area contributed by atoms with E-state index in [0.717, 1.165) is 6.42 Å². The topological polar surface area (TPSA) is 108 Å². The minimum Gasteiger partial charge on any atom is -0.495 e. The highest BCUT2D eigenvalue weighted by molar-refractivity contribution is 6.41. The van der Waals surface area contributed by atoms with Crippen LogP contribution in [0, 0.1) is 0 Å². The van der Waals surface area contributed by atoms with E-state index in [9.17, 15) is 4.79 Å². The van der Waals surface area contributed by atoms with Gasteiger partial charge in [-0.2, -0.15) is 0 Å². The third-order valence-electron chi connectivity index (χ3n) is 5.58. The maximum absolute atomic E-state index is 13.0. The Bertz CT molecular complexity index is 1320. The van der Waals surface area contributed by atoms with E-state index in [1.807, 2.05) is 0 Å². The van der Waals surface area contributed by atoms with Crippen molar-refractivity contribution in [2.24, 2.45) is 0 Å². The third kappa shape index (κ3) is 5.07. The predicted octanol–water partition coefficient (Wildman–Crippen LogP) is 4.43. The summed E-state index contributed by atoms with van der Waals surface area (Å²) in [5.41, 5.74) is 0.853. The first-order valence-electron chi connectivity index (χ1n) is 10.7. The van der Waals surface area contributed by atoms with Gasteiger partial charge in [-0.3, -0.25) is 4.79 Å². The van der Waals surface area contributed by atoms with Crippen molar-refractivity contribution >= 4 is 40.2 Å². The van der Waals surface area contributed by atoms with E-state index >= 15 is 0 Å². The lowest BCUT2D eigenvalue weighted by Gasteiger charge is -2.33. The predicted molar refractivity (Wildman–Crippen MR) is 136 cm³/mol. The molecule has 0 aliphatic carbocycles. The molecule has 11 heteroatoms. The van der Waals surface area contributed by atoms with Gasteiger partial charge in [0.1, 0.15) is 17.3 Å². The van der Waals surface area contributed by atoms with Crippen LogP contribution in [-0.4, -0.2) is 49.5 Å². The molecule has 9 nitrogen and oxygen atoms in total. The molecular weight excluding hydrogens is 495 g/mol. The van der Waals surface area contributed by atoms with E-state index in [1.165, 1.54) is 26.5 Å². The zero-order chi connectivity index (χ0) is 25.1. The summed E-state index contributed by atoms with van der Waals surface area (Å²) in [7, 11) is 2.92. The molecular formula is C24H24Cl2N4O5. The summed E-state index contributed by atoms with van der Waals surface area (Å²) in [5.74, 6) is 1.03. The van der Waals surface area contributed by atoms with Crippen LogP contribution in [0.2, 0.25) is 10.0 Å². The van der Waals surface area contributed by atoms with Crippen LogP contribution in [0.1, 0.15) is 6.42 Å². The number of methoxy groups -OCH3 is 2. The Kier molecular flexibility index (Phi) is 7.49. The first-order valence-corrected chi connectivity index (χ1v) is 11.4. The summed E-state index contributed by atoms with van der Waals surface area (Å²) in [6.45, 7) is 8.69. The van der Waals surface area contributed by atoms with Crippen LogP contribution in [0.15, 0.2) is 52.5 Å². The molecule has 0 spiro atoms. The number of hydrogen-bond donors (Lipinski definition) is 2. The van der Waals surface area contributed by atoms with Crippen LogP contribution in [0.25, 0.3) is 22.4 Å². The second kappa shape index (κ2) is 10.6. The molecule has 0 bridgehead atoms. The van der Waals surface area contributed by atoms with Gasteiger partial charge in [-0.15, -0.1) is 0 Å². The zero-order valence-electron chi connectivity index (χ0n) is 19.2. The first kappa shape index (κ1) is 24.8. The van der Waals surface area contributed by atoms with E-state index in [2.05, 4.69) is 33.8 Å². The largest absolute Gasteiger partial charge is 0.495 e. The molecule has 1 unspecified atom stereocenters. The minimum atomic E-state index is -0.393. The Morgan fingerprint density at radius 3 is 2.57 bits per heavy atom. The van der Waals surface area contributed by atoms with Crippen molar-refractivity contribution in [3.05, 3.63) is 63.5 Å². The highest BCUT2D eigenvalue weighted by Crippen LogP contribution is 2.46. The van der Waals surface area contributed by atoms with Crippen molar-refractivity contribution in [1.82, 2.24) is 15.3 Å². The van der Waals surface area contributed by atoms with E-state index in [4.69, 9.17) is 41.8 Å². The number of nitrogens with zero attached hydrogens (tertiary/aromatic N) is 2. The van der Waals surface area contributed by atoms with Crippen LogP contribution in [0.5, 0.6) is 11.5 Å². The molecule has 0 amide bonds. The van der Waals surface area contributed by atoms with Crippen LogP contribution in [0.4, 0.5) is 5.95 Å². The van der Waals surface area contributed by atoms with Crippen LogP contribution < -0.4 is 25.5 Å². The molecule has 4 rings (SSSR count). The Morgan fingerprint density at radius 1 is 1.20 bits per heavy atom. The van der Waals surface area contributed by atoms with Crippen molar-refractivity contribution in [3.8, 4) is 22.8 Å². The van der Waals surface area contributed by atoms with Crippen molar-refractivity contribution in [1.29, 1.82) is 0 Å². The van der Waals surface area contributed by atoms with Crippen LogP contribution >= 0.6 is 23.2 Å². The van der Waals surface area contributed by atoms with Crippen molar-refractivity contribution in [3.63, 3.8) is 0 Å². The Morgan fingerprint density at radius 2 is 1.91 bits per heavy atom. The van der Waals surface area contributed by atoms with E-state index in [-0.39, 0.29) is 50.5 Å². The van der Waals surface area contributed by atoms with Gasteiger partial charge in [-0.25, -0.2) is 9.97 Å². The fourth-order valence-corrected chi connectivity index (χ4v) is 4.45. The monoisotopic (exact) mass is 518 g/mol. The van der Waals surface area contributed by atoms with Gasteiger partial charge < -0.3 is 29.3 Å². The quantitative estimate of drug-likeness (QED) is 0.418. The molecule has 1 aromatic carbocycles. The van der Waals surface area contributed by atoms with E-state index < -0.39 is 5.43 Å².